The van der Waals surface area contributed by atoms with Crippen LogP contribution >= 0.6 is 23.2 Å². The normalized spacial score (nSPS) is 16.1. The SMILES string of the molecule is O=C(Cc1ccc(Cl)c(Cl)c1)C1CNC1. The van der Waals surface area contributed by atoms with Crippen LogP contribution in [0, 0.1) is 5.92 Å². The number of hydrogen-bond donors (Lipinski definition) is 1. The summed E-state index contributed by atoms with van der Waals surface area (Å²) in [5.74, 6) is 0.451. The molecule has 1 aliphatic heterocycles. The molecule has 15 heavy (non-hydrogen) atoms. The van der Waals surface area contributed by atoms with E-state index < -0.39 is 0 Å². The maximum absolute atomic E-state index is 11.7. The maximum atomic E-state index is 11.7. The molecular formula is C11H11Cl2NO. The summed E-state index contributed by atoms with van der Waals surface area (Å²) in [6.45, 7) is 1.61. The van der Waals surface area contributed by atoms with Crippen molar-refractivity contribution in [1.29, 1.82) is 0 Å². The molecular weight excluding hydrogens is 233 g/mol. The smallest absolute Gasteiger partial charge is 0.142 e. The number of Topliss-reactive ketones (excluding diaryl/α,β-unsaturated/α-hetero) is 1. The van der Waals surface area contributed by atoms with Gasteiger partial charge in [0, 0.05) is 25.4 Å². The zero-order chi connectivity index (χ0) is 10.8. The third-order valence-electron chi connectivity index (χ3n) is 2.60. The van der Waals surface area contributed by atoms with Crippen molar-refractivity contribution in [3.63, 3.8) is 0 Å². The van der Waals surface area contributed by atoms with Gasteiger partial charge in [0.25, 0.3) is 0 Å². The van der Waals surface area contributed by atoms with Gasteiger partial charge in [-0.1, -0.05) is 29.3 Å². The zero-order valence-electron chi connectivity index (χ0n) is 8.09. The summed E-state index contributed by atoms with van der Waals surface area (Å²) in [5.41, 5.74) is 0.932. The van der Waals surface area contributed by atoms with Gasteiger partial charge in [0.1, 0.15) is 5.78 Å². The quantitative estimate of drug-likeness (QED) is 0.884. The highest BCUT2D eigenvalue weighted by molar-refractivity contribution is 6.42. The lowest BCUT2D eigenvalue weighted by atomic mass is 9.93. The number of hydrogen-bond acceptors (Lipinski definition) is 2. The molecule has 80 valence electrons. The Labute approximate surface area is 98.6 Å². The van der Waals surface area contributed by atoms with Gasteiger partial charge in [-0.15, -0.1) is 0 Å². The molecule has 0 spiro atoms. The van der Waals surface area contributed by atoms with Crippen LogP contribution in [0.1, 0.15) is 5.56 Å². The van der Waals surface area contributed by atoms with Gasteiger partial charge in [-0.05, 0) is 17.7 Å². The summed E-state index contributed by atoms with van der Waals surface area (Å²) >= 11 is 11.7. The standard InChI is InChI=1S/C11H11Cl2NO/c12-9-2-1-7(3-10(9)13)4-11(15)8-5-14-6-8/h1-3,8,14H,4-6H2. The molecule has 4 heteroatoms. The Morgan fingerprint density at radius 3 is 2.60 bits per heavy atom. The van der Waals surface area contributed by atoms with E-state index in [1.54, 1.807) is 12.1 Å². The van der Waals surface area contributed by atoms with E-state index in [4.69, 9.17) is 23.2 Å². The average molecular weight is 244 g/mol. The number of halogens is 2. The molecule has 1 heterocycles. The van der Waals surface area contributed by atoms with E-state index in [0.717, 1.165) is 18.7 Å². The average Bonchev–Trinajstić information content (AvgIpc) is 2.08. The molecule has 0 unspecified atom stereocenters. The molecule has 1 N–H and O–H groups in total. The Kier molecular flexibility index (Phi) is 3.29. The first-order chi connectivity index (χ1) is 7.16. The van der Waals surface area contributed by atoms with E-state index >= 15 is 0 Å². The largest absolute Gasteiger partial charge is 0.315 e. The van der Waals surface area contributed by atoms with Crippen molar-refractivity contribution >= 4 is 29.0 Å². The minimum absolute atomic E-state index is 0.180. The van der Waals surface area contributed by atoms with Crippen molar-refractivity contribution < 1.29 is 4.79 Å². The molecule has 0 aromatic heterocycles. The topological polar surface area (TPSA) is 29.1 Å². The molecule has 2 nitrogen and oxygen atoms in total. The third-order valence-corrected chi connectivity index (χ3v) is 3.34. The van der Waals surface area contributed by atoms with E-state index in [-0.39, 0.29) is 11.7 Å². The Hall–Kier alpha value is -0.570. The molecule has 1 saturated heterocycles. The van der Waals surface area contributed by atoms with Crippen molar-refractivity contribution in [3.05, 3.63) is 33.8 Å². The Morgan fingerprint density at radius 1 is 1.33 bits per heavy atom. The van der Waals surface area contributed by atoms with Crippen LogP contribution in [-0.4, -0.2) is 18.9 Å². The van der Waals surface area contributed by atoms with E-state index in [0.29, 0.717) is 16.5 Å². The van der Waals surface area contributed by atoms with Crippen molar-refractivity contribution in [2.75, 3.05) is 13.1 Å². The Balaban J connectivity index is 2.03. The first-order valence-electron chi connectivity index (χ1n) is 4.84. The van der Waals surface area contributed by atoms with E-state index in [9.17, 15) is 4.79 Å². The number of carbonyl (C=O) groups is 1. The summed E-state index contributed by atoms with van der Waals surface area (Å²) in [6.07, 6.45) is 0.448. The summed E-state index contributed by atoms with van der Waals surface area (Å²) in [7, 11) is 0. The molecule has 0 saturated carbocycles. The van der Waals surface area contributed by atoms with Crippen LogP contribution in [0.5, 0.6) is 0 Å². The monoisotopic (exact) mass is 243 g/mol. The van der Waals surface area contributed by atoms with Crippen LogP contribution in [0.4, 0.5) is 0 Å². The summed E-state index contributed by atoms with van der Waals surface area (Å²) in [6, 6.07) is 5.33. The molecule has 2 rings (SSSR count). The van der Waals surface area contributed by atoms with Crippen molar-refractivity contribution in [3.8, 4) is 0 Å². The van der Waals surface area contributed by atoms with Gasteiger partial charge in [0.15, 0.2) is 0 Å². The lowest BCUT2D eigenvalue weighted by Gasteiger charge is -2.25. The number of carbonyl (C=O) groups excluding carboxylic acids is 1. The highest BCUT2D eigenvalue weighted by Gasteiger charge is 2.24. The molecule has 1 aromatic carbocycles. The second-order valence-corrected chi connectivity index (χ2v) is 4.56. The lowest BCUT2D eigenvalue weighted by Crippen LogP contribution is -2.47. The third kappa shape index (κ3) is 2.51. The van der Waals surface area contributed by atoms with Gasteiger partial charge in [-0.2, -0.15) is 0 Å². The minimum atomic E-state index is 0.180. The van der Waals surface area contributed by atoms with Crippen LogP contribution in [-0.2, 0) is 11.2 Å². The van der Waals surface area contributed by atoms with Gasteiger partial charge < -0.3 is 5.32 Å². The molecule has 1 fully saturated rings. The first kappa shape index (κ1) is 10.9. The van der Waals surface area contributed by atoms with E-state index in [2.05, 4.69) is 5.32 Å². The van der Waals surface area contributed by atoms with Crippen molar-refractivity contribution in [2.24, 2.45) is 5.92 Å². The second-order valence-electron chi connectivity index (χ2n) is 3.75. The van der Waals surface area contributed by atoms with Crippen LogP contribution in [0.25, 0.3) is 0 Å². The molecule has 0 aliphatic carbocycles. The van der Waals surface area contributed by atoms with Gasteiger partial charge in [0.2, 0.25) is 0 Å². The predicted molar refractivity (Wildman–Crippen MR) is 61.5 cm³/mol. The van der Waals surface area contributed by atoms with Crippen molar-refractivity contribution in [1.82, 2.24) is 5.32 Å². The second kappa shape index (κ2) is 4.52. The Morgan fingerprint density at radius 2 is 2.07 bits per heavy atom. The highest BCUT2D eigenvalue weighted by atomic mass is 35.5. The number of ketones is 1. The van der Waals surface area contributed by atoms with Gasteiger partial charge in [-0.25, -0.2) is 0 Å². The molecule has 0 radical (unpaired) electrons. The summed E-state index contributed by atoms with van der Waals surface area (Å²) < 4.78 is 0. The molecule has 0 atom stereocenters. The molecule has 1 aliphatic rings. The minimum Gasteiger partial charge on any atom is -0.315 e. The van der Waals surface area contributed by atoms with Crippen molar-refractivity contribution in [2.45, 2.75) is 6.42 Å². The lowest BCUT2D eigenvalue weighted by molar-refractivity contribution is -0.123. The molecule has 0 bridgehead atoms. The summed E-state index contributed by atoms with van der Waals surface area (Å²) in [5, 5.41) is 4.11. The van der Waals surface area contributed by atoms with Crippen LogP contribution in [0.3, 0.4) is 0 Å². The van der Waals surface area contributed by atoms with Crippen LogP contribution in [0.15, 0.2) is 18.2 Å². The fourth-order valence-electron chi connectivity index (χ4n) is 1.51. The predicted octanol–water partition coefficient (Wildman–Crippen LogP) is 2.32. The summed E-state index contributed by atoms with van der Waals surface area (Å²) in [4.78, 5) is 11.7. The molecule has 0 amide bonds. The number of benzene rings is 1. The fraction of sp³-hybridized carbons (Fsp3) is 0.364. The van der Waals surface area contributed by atoms with E-state index in [1.165, 1.54) is 0 Å². The van der Waals surface area contributed by atoms with Crippen LogP contribution in [0.2, 0.25) is 10.0 Å². The van der Waals surface area contributed by atoms with E-state index in [1.807, 2.05) is 6.07 Å². The van der Waals surface area contributed by atoms with Gasteiger partial charge >= 0.3 is 0 Å². The Bertz CT molecular complexity index is 388. The number of rotatable bonds is 3. The van der Waals surface area contributed by atoms with Gasteiger partial charge in [0.05, 0.1) is 10.0 Å². The first-order valence-corrected chi connectivity index (χ1v) is 5.60. The van der Waals surface area contributed by atoms with Crippen LogP contribution < -0.4 is 5.32 Å². The maximum Gasteiger partial charge on any atom is 0.142 e. The van der Waals surface area contributed by atoms with Gasteiger partial charge in [-0.3, -0.25) is 4.79 Å². The zero-order valence-corrected chi connectivity index (χ0v) is 9.61. The fourth-order valence-corrected chi connectivity index (χ4v) is 1.83. The molecule has 1 aromatic rings. The highest BCUT2D eigenvalue weighted by Crippen LogP contribution is 2.23. The number of nitrogens with one attached hydrogen (secondary N) is 1.